The Morgan fingerprint density at radius 2 is 1.30 bits per heavy atom. The first kappa shape index (κ1) is 33.2. The molecule has 3 heterocycles. The molecule has 0 N–H and O–H groups in total. The van der Waals surface area contributed by atoms with Crippen LogP contribution in [-0.2, 0) is 20.1 Å². The molecule has 5 heteroatoms. The Balaban J connectivity index is 0.000000193. The fourth-order valence-corrected chi connectivity index (χ4v) is 7.40. The number of fused-ring (bicyclic) bond motifs is 3. The second-order valence-electron chi connectivity index (χ2n) is 12.9. The number of hydrogen-bond acceptors (Lipinski definition) is 3. The van der Waals surface area contributed by atoms with Gasteiger partial charge >= 0.3 is 0 Å². The van der Waals surface area contributed by atoms with Crippen molar-refractivity contribution in [2.24, 2.45) is 0 Å². The monoisotopic (exact) mass is 795 g/mol. The van der Waals surface area contributed by atoms with Crippen LogP contribution in [0.1, 0.15) is 22.3 Å². The van der Waals surface area contributed by atoms with E-state index >= 15 is 0 Å². The molecule has 1 radical (unpaired) electrons. The zero-order valence-electron chi connectivity index (χ0n) is 27.5. The average molecular weight is 795 g/mol. The smallest absolute Gasteiger partial charge is 0.121 e. The molecule has 3 nitrogen and oxygen atoms in total. The molecule has 0 saturated carbocycles. The standard InChI is InChI=1S/C25H18NO.C16H20NSi.Ir/c1-16-3-5-18(6-4-16)19-7-9-21-22-14-20(23-13-17(2)11-12-26-23)8-10-24(22)27-25(21)15-19;1-12-7-6-8-14(9-12)15-10-13(2)16(11-17-15)18(3,4)5;/h3-7,9-15H,1-2H3;6-7,9-11H,1-5H3;/q2*-1;. The van der Waals surface area contributed by atoms with Gasteiger partial charge in [0.1, 0.15) is 5.58 Å². The normalized spacial score (nSPS) is 11.2. The van der Waals surface area contributed by atoms with Crippen molar-refractivity contribution < 1.29 is 24.5 Å². The summed E-state index contributed by atoms with van der Waals surface area (Å²) in [5, 5.41) is 3.65. The Morgan fingerprint density at radius 1 is 0.609 bits per heavy atom. The predicted molar refractivity (Wildman–Crippen MR) is 192 cm³/mol. The van der Waals surface area contributed by atoms with Gasteiger partial charge in [-0.15, -0.1) is 59.2 Å². The molecule has 0 unspecified atom stereocenters. The van der Waals surface area contributed by atoms with Crippen LogP contribution < -0.4 is 5.19 Å². The fourth-order valence-electron chi connectivity index (χ4n) is 5.69. The van der Waals surface area contributed by atoms with E-state index in [9.17, 15) is 0 Å². The molecule has 4 aromatic carbocycles. The van der Waals surface area contributed by atoms with Crippen molar-refractivity contribution in [1.29, 1.82) is 0 Å². The van der Waals surface area contributed by atoms with E-state index in [4.69, 9.17) is 4.42 Å². The summed E-state index contributed by atoms with van der Waals surface area (Å²) in [6.07, 6.45) is 3.90. The Bertz CT molecular complexity index is 2140. The quantitative estimate of drug-likeness (QED) is 0.132. The van der Waals surface area contributed by atoms with Crippen LogP contribution in [0.5, 0.6) is 0 Å². The van der Waals surface area contributed by atoms with Crippen LogP contribution in [0.15, 0.2) is 108 Å². The molecule has 0 aliphatic carbocycles. The van der Waals surface area contributed by atoms with E-state index in [0.717, 1.165) is 50.0 Å². The molecule has 46 heavy (non-hydrogen) atoms. The SMILES string of the molecule is Cc1cc[c-]c(-c2cc(C)c([Si](C)(C)C)cn2)c1.Cc1ccc(-c2ccc3c(c2)oc2c[c-]c(-c4cc(C)ccn4)cc23)cc1.[Ir]. The van der Waals surface area contributed by atoms with Gasteiger partial charge in [-0.1, -0.05) is 97.2 Å². The van der Waals surface area contributed by atoms with Crippen LogP contribution >= 0.6 is 0 Å². The van der Waals surface area contributed by atoms with Gasteiger partial charge in [0, 0.05) is 37.9 Å². The van der Waals surface area contributed by atoms with Crippen LogP contribution in [0.2, 0.25) is 19.6 Å². The minimum atomic E-state index is -1.29. The zero-order chi connectivity index (χ0) is 31.7. The van der Waals surface area contributed by atoms with Crippen LogP contribution in [0.25, 0.3) is 55.6 Å². The average Bonchev–Trinajstić information content (AvgIpc) is 3.38. The van der Waals surface area contributed by atoms with Crippen molar-refractivity contribution in [3.8, 4) is 33.6 Å². The summed E-state index contributed by atoms with van der Waals surface area (Å²) < 4.78 is 6.10. The molecule has 7 aromatic rings. The number of furan rings is 1. The van der Waals surface area contributed by atoms with Gasteiger partial charge in [-0.25, -0.2) is 0 Å². The van der Waals surface area contributed by atoms with Crippen LogP contribution in [0.3, 0.4) is 0 Å². The summed E-state index contributed by atoms with van der Waals surface area (Å²) in [6, 6.07) is 38.0. The molecule has 0 amide bonds. The summed E-state index contributed by atoms with van der Waals surface area (Å²) in [5.74, 6) is 0. The minimum absolute atomic E-state index is 0. The van der Waals surface area contributed by atoms with Crippen molar-refractivity contribution >= 4 is 35.2 Å². The van der Waals surface area contributed by atoms with E-state index in [2.05, 4.69) is 148 Å². The van der Waals surface area contributed by atoms with Gasteiger partial charge in [0.05, 0.1) is 13.7 Å². The van der Waals surface area contributed by atoms with Crippen molar-refractivity contribution in [3.63, 3.8) is 0 Å². The molecule has 3 aromatic heterocycles. The third kappa shape index (κ3) is 7.29. The molecule has 0 atom stereocenters. The number of rotatable bonds is 4. The summed E-state index contributed by atoms with van der Waals surface area (Å²) in [4.78, 5) is 9.10. The second kappa shape index (κ2) is 13.7. The van der Waals surface area contributed by atoms with Crippen molar-refractivity contribution in [3.05, 3.63) is 138 Å². The number of hydrogen-bond donors (Lipinski definition) is 0. The summed E-state index contributed by atoms with van der Waals surface area (Å²) in [6.45, 7) is 15.5. The second-order valence-corrected chi connectivity index (χ2v) is 18.0. The van der Waals surface area contributed by atoms with Crippen LogP contribution in [0, 0.1) is 39.8 Å². The van der Waals surface area contributed by atoms with Gasteiger partial charge in [-0.05, 0) is 60.6 Å². The van der Waals surface area contributed by atoms with Crippen LogP contribution in [0.4, 0.5) is 0 Å². The van der Waals surface area contributed by atoms with E-state index in [1.54, 1.807) is 0 Å². The van der Waals surface area contributed by atoms with Gasteiger partial charge in [-0.2, -0.15) is 0 Å². The van der Waals surface area contributed by atoms with Gasteiger partial charge in [0.2, 0.25) is 0 Å². The molecule has 7 rings (SSSR count). The molecule has 0 saturated heterocycles. The number of benzene rings is 4. The predicted octanol–water partition coefficient (Wildman–Crippen LogP) is 10.4. The maximum absolute atomic E-state index is 6.10. The maximum Gasteiger partial charge on any atom is 0.121 e. The number of pyridine rings is 2. The molecule has 0 spiro atoms. The minimum Gasteiger partial charge on any atom is -0.500 e. The summed E-state index contributed by atoms with van der Waals surface area (Å²) in [5.41, 5.74) is 13.2. The van der Waals surface area contributed by atoms with Crippen molar-refractivity contribution in [1.82, 2.24) is 9.97 Å². The van der Waals surface area contributed by atoms with Gasteiger partial charge in [0.15, 0.2) is 0 Å². The maximum atomic E-state index is 6.10. The van der Waals surface area contributed by atoms with E-state index < -0.39 is 8.07 Å². The van der Waals surface area contributed by atoms with Gasteiger partial charge < -0.3 is 14.4 Å². The zero-order valence-corrected chi connectivity index (χ0v) is 30.8. The van der Waals surface area contributed by atoms with Gasteiger partial charge in [-0.3, -0.25) is 0 Å². The molecule has 0 fully saturated rings. The molecule has 0 aliphatic heterocycles. The largest absolute Gasteiger partial charge is 0.500 e. The molecule has 0 bridgehead atoms. The Morgan fingerprint density at radius 3 is 2.00 bits per heavy atom. The van der Waals surface area contributed by atoms with E-state index in [-0.39, 0.29) is 20.1 Å². The Hall–Kier alpha value is -4.15. The first-order chi connectivity index (χ1) is 21.5. The van der Waals surface area contributed by atoms with E-state index in [0.29, 0.717) is 0 Å². The summed E-state index contributed by atoms with van der Waals surface area (Å²) >= 11 is 0. The Labute approximate surface area is 287 Å². The van der Waals surface area contributed by atoms with E-state index in [1.165, 1.54) is 33.0 Å². The van der Waals surface area contributed by atoms with Crippen molar-refractivity contribution in [2.75, 3.05) is 0 Å². The number of aryl methyl sites for hydroxylation is 4. The molecular formula is C41H38IrN2OSi-2. The first-order valence-electron chi connectivity index (χ1n) is 15.4. The fraction of sp³-hybridized carbons (Fsp3) is 0.171. The topological polar surface area (TPSA) is 38.9 Å². The Kier molecular flexibility index (Phi) is 9.88. The number of nitrogens with zero attached hydrogens (tertiary/aromatic N) is 2. The van der Waals surface area contributed by atoms with Gasteiger partial charge in [0.25, 0.3) is 0 Å². The molecular weight excluding hydrogens is 757 g/mol. The van der Waals surface area contributed by atoms with Crippen molar-refractivity contribution in [2.45, 2.75) is 47.3 Å². The van der Waals surface area contributed by atoms with Crippen LogP contribution in [-0.4, -0.2) is 18.0 Å². The number of aromatic nitrogens is 2. The third-order valence-electron chi connectivity index (χ3n) is 8.13. The third-order valence-corrected chi connectivity index (χ3v) is 10.3. The molecule has 233 valence electrons. The van der Waals surface area contributed by atoms with E-state index in [1.807, 2.05) is 24.4 Å². The molecule has 0 aliphatic rings. The summed E-state index contributed by atoms with van der Waals surface area (Å²) in [7, 11) is -1.29. The first-order valence-corrected chi connectivity index (χ1v) is 18.9.